The molecule has 310 valence electrons. The molecular weight excluding hydrogens is 730 g/mol. The fraction of sp³-hybridized carbons (Fsp3) is 0.933. The summed E-state index contributed by atoms with van der Waals surface area (Å²) in [6.07, 6.45) is -10.0. The van der Waals surface area contributed by atoms with Crippen molar-refractivity contribution in [1.29, 1.82) is 0 Å². The number of rotatable bonds is 39. The molecule has 0 atom stereocenters. The minimum absolute atomic E-state index is 0.139. The maximum atomic E-state index is 11.9. The molecule has 0 aliphatic carbocycles. The number of ether oxygens (including phenoxy) is 14. The van der Waals surface area contributed by atoms with Crippen LogP contribution in [-0.4, -0.2) is 196 Å². The highest BCUT2D eigenvalue weighted by Gasteiger charge is 2.41. The molecule has 0 aromatic heterocycles. The predicted molar refractivity (Wildman–Crippen MR) is 164 cm³/mol. The zero-order valence-electron chi connectivity index (χ0n) is 29.2. The van der Waals surface area contributed by atoms with Crippen molar-refractivity contribution in [3.63, 3.8) is 0 Å². The number of esters is 2. The zero-order valence-corrected chi connectivity index (χ0v) is 29.2. The number of hydrogen-bond acceptors (Lipinski definition) is 16. The molecule has 0 rings (SSSR count). The Hall–Kier alpha value is -1.96. The van der Waals surface area contributed by atoms with Gasteiger partial charge in [-0.05, 0) is 0 Å². The van der Waals surface area contributed by atoms with Gasteiger partial charge in [0.05, 0.1) is 159 Å². The molecule has 22 heteroatoms. The van der Waals surface area contributed by atoms with Crippen LogP contribution in [0.4, 0.5) is 26.3 Å². The molecule has 0 bridgehead atoms. The first-order chi connectivity index (χ1) is 25.0. The Morgan fingerprint density at radius 2 is 0.365 bits per heavy atom. The molecule has 0 amide bonds. The maximum Gasteiger partial charge on any atom is 0.490 e. The Balaban J connectivity index is 3.12. The SMILES string of the molecule is O=C(OCCOCCOCCOCCOCCOCCOCCOCCOCCOCCOCCOCCOCCOC(=O)C(F)(F)F)C(F)(F)F. The van der Waals surface area contributed by atoms with Gasteiger partial charge >= 0.3 is 24.3 Å². The summed E-state index contributed by atoms with van der Waals surface area (Å²) in [6.45, 7) is 6.35. The third-order valence-corrected chi connectivity index (χ3v) is 5.48. The second-order valence-corrected chi connectivity index (χ2v) is 9.62. The molecule has 52 heavy (non-hydrogen) atoms. The third-order valence-electron chi connectivity index (χ3n) is 5.48. The maximum absolute atomic E-state index is 11.9. The lowest BCUT2D eigenvalue weighted by Crippen LogP contribution is -2.26. The van der Waals surface area contributed by atoms with Gasteiger partial charge in [-0.15, -0.1) is 0 Å². The molecule has 0 fully saturated rings. The van der Waals surface area contributed by atoms with Crippen LogP contribution in [0.15, 0.2) is 0 Å². The molecule has 0 heterocycles. The van der Waals surface area contributed by atoms with E-state index in [4.69, 9.17) is 56.8 Å². The second kappa shape index (κ2) is 36.0. The topological polar surface area (TPSA) is 163 Å². The number of halogens is 6. The first kappa shape index (κ1) is 50.0. The van der Waals surface area contributed by atoms with E-state index >= 15 is 0 Å². The Bertz CT molecular complexity index is 747. The summed E-state index contributed by atoms with van der Waals surface area (Å²) < 4.78 is 143. The van der Waals surface area contributed by atoms with E-state index in [0.29, 0.717) is 119 Å². The lowest BCUT2D eigenvalue weighted by Gasteiger charge is -2.09. The lowest BCUT2D eigenvalue weighted by atomic mass is 10.6. The number of hydrogen-bond donors (Lipinski definition) is 0. The van der Waals surface area contributed by atoms with Gasteiger partial charge in [0.2, 0.25) is 0 Å². The average Bonchev–Trinajstić information content (AvgIpc) is 3.09. The Kier molecular flexibility index (Phi) is 34.7. The average molecular weight is 783 g/mol. The van der Waals surface area contributed by atoms with Crippen LogP contribution < -0.4 is 0 Å². The summed E-state index contributed by atoms with van der Waals surface area (Å²) in [5.41, 5.74) is 0. The highest BCUT2D eigenvalue weighted by molar-refractivity contribution is 5.75. The van der Waals surface area contributed by atoms with Gasteiger partial charge < -0.3 is 66.3 Å². The van der Waals surface area contributed by atoms with E-state index in [1.165, 1.54) is 0 Å². The van der Waals surface area contributed by atoms with Crippen LogP contribution in [0.25, 0.3) is 0 Å². The molecule has 16 nitrogen and oxygen atoms in total. The zero-order chi connectivity index (χ0) is 38.4. The second-order valence-electron chi connectivity index (χ2n) is 9.62. The van der Waals surface area contributed by atoms with E-state index in [0.717, 1.165) is 0 Å². The summed E-state index contributed by atoms with van der Waals surface area (Å²) >= 11 is 0. The first-order valence-corrected chi connectivity index (χ1v) is 16.5. The van der Waals surface area contributed by atoms with Crippen LogP contribution in [0.1, 0.15) is 0 Å². The molecule has 0 spiro atoms. The summed E-state index contributed by atoms with van der Waals surface area (Å²) in [6, 6.07) is 0. The summed E-state index contributed by atoms with van der Waals surface area (Å²) in [7, 11) is 0. The number of carbonyl (C=O) groups excluding carboxylic acids is 2. The van der Waals surface area contributed by atoms with Crippen molar-refractivity contribution in [2.45, 2.75) is 12.4 Å². The van der Waals surface area contributed by atoms with Crippen LogP contribution in [0.3, 0.4) is 0 Å². The molecule has 0 saturated carbocycles. The van der Waals surface area contributed by atoms with Gasteiger partial charge in [0.25, 0.3) is 0 Å². The molecule has 0 aromatic rings. The van der Waals surface area contributed by atoms with Gasteiger partial charge in [0.1, 0.15) is 13.2 Å². The van der Waals surface area contributed by atoms with E-state index in [9.17, 15) is 35.9 Å². The third kappa shape index (κ3) is 37.8. The quantitative estimate of drug-likeness (QED) is 0.0499. The van der Waals surface area contributed by atoms with E-state index in [2.05, 4.69) is 9.47 Å². The van der Waals surface area contributed by atoms with E-state index in [1.54, 1.807) is 0 Å². The number of carbonyl (C=O) groups is 2. The highest BCUT2D eigenvalue weighted by Crippen LogP contribution is 2.16. The van der Waals surface area contributed by atoms with Gasteiger partial charge in [-0.3, -0.25) is 0 Å². The molecule has 0 N–H and O–H groups in total. The van der Waals surface area contributed by atoms with Gasteiger partial charge in [-0.25, -0.2) is 9.59 Å². The summed E-state index contributed by atoms with van der Waals surface area (Å²) in [4.78, 5) is 21.0. The molecule has 0 aromatic carbocycles. The van der Waals surface area contributed by atoms with Gasteiger partial charge in [-0.1, -0.05) is 0 Å². The van der Waals surface area contributed by atoms with Crippen LogP contribution in [0.5, 0.6) is 0 Å². The Morgan fingerprint density at radius 3 is 0.481 bits per heavy atom. The van der Waals surface area contributed by atoms with Crippen molar-refractivity contribution in [1.82, 2.24) is 0 Å². The molecule has 0 radical (unpaired) electrons. The molecule has 0 aliphatic heterocycles. The Labute approximate surface area is 298 Å². The van der Waals surface area contributed by atoms with Crippen molar-refractivity contribution >= 4 is 11.9 Å². The molecular formula is C30H52F6O16. The standard InChI is InChI=1S/C30H52F6O16/c31-29(32,33)27(37)51-25-23-49-21-19-47-17-15-45-13-11-43-9-7-41-5-3-39-1-2-40-4-6-42-8-10-44-12-14-46-16-18-48-20-22-50-24-26-52-28(38)30(34,35)36/h1-26H2. The van der Waals surface area contributed by atoms with Crippen molar-refractivity contribution in [2.24, 2.45) is 0 Å². The van der Waals surface area contributed by atoms with Gasteiger partial charge in [-0.2, -0.15) is 26.3 Å². The van der Waals surface area contributed by atoms with E-state index < -0.39 is 37.5 Å². The summed E-state index contributed by atoms with van der Waals surface area (Å²) in [5.74, 6) is -4.50. The fourth-order valence-electron chi connectivity index (χ4n) is 3.07. The molecule has 0 saturated heterocycles. The minimum Gasteiger partial charge on any atom is -0.457 e. The van der Waals surface area contributed by atoms with E-state index in [1.807, 2.05) is 0 Å². The van der Waals surface area contributed by atoms with Crippen molar-refractivity contribution < 1.29 is 102 Å². The normalized spacial score (nSPS) is 12.0. The number of alkyl halides is 6. The lowest BCUT2D eigenvalue weighted by molar-refractivity contribution is -0.200. The van der Waals surface area contributed by atoms with Crippen LogP contribution in [0.2, 0.25) is 0 Å². The minimum atomic E-state index is -5.01. The Morgan fingerprint density at radius 1 is 0.250 bits per heavy atom. The van der Waals surface area contributed by atoms with Crippen LogP contribution in [0, 0.1) is 0 Å². The predicted octanol–water partition coefficient (Wildman–Crippen LogP) is 1.40. The van der Waals surface area contributed by atoms with Gasteiger partial charge in [0, 0.05) is 0 Å². The molecule has 0 aliphatic rings. The monoisotopic (exact) mass is 782 g/mol. The van der Waals surface area contributed by atoms with Crippen molar-refractivity contribution in [2.75, 3.05) is 172 Å². The van der Waals surface area contributed by atoms with Crippen molar-refractivity contribution in [3.8, 4) is 0 Å². The van der Waals surface area contributed by atoms with E-state index in [-0.39, 0.29) is 39.6 Å². The van der Waals surface area contributed by atoms with Crippen LogP contribution >= 0.6 is 0 Å². The first-order valence-electron chi connectivity index (χ1n) is 16.5. The highest BCUT2D eigenvalue weighted by atomic mass is 19.4. The smallest absolute Gasteiger partial charge is 0.457 e. The molecule has 0 unspecified atom stereocenters. The largest absolute Gasteiger partial charge is 0.490 e. The van der Waals surface area contributed by atoms with Crippen LogP contribution in [-0.2, 0) is 75.9 Å². The fourth-order valence-corrected chi connectivity index (χ4v) is 3.07. The van der Waals surface area contributed by atoms with Gasteiger partial charge in [0.15, 0.2) is 0 Å². The summed E-state index contributed by atoms with van der Waals surface area (Å²) in [5, 5.41) is 0. The van der Waals surface area contributed by atoms with Crippen molar-refractivity contribution in [3.05, 3.63) is 0 Å².